The van der Waals surface area contributed by atoms with E-state index in [-0.39, 0.29) is 11.1 Å². The summed E-state index contributed by atoms with van der Waals surface area (Å²) in [4.78, 5) is 48.0. The molecule has 0 aliphatic carbocycles. The third kappa shape index (κ3) is 3.58. The third-order valence-corrected chi connectivity index (χ3v) is 7.11. The first-order valence-electron chi connectivity index (χ1n) is 9.12. The molecular formula is C19H23N3O6S. The van der Waals surface area contributed by atoms with Crippen LogP contribution in [0.4, 0.5) is 4.79 Å². The van der Waals surface area contributed by atoms with Crippen LogP contribution in [0.25, 0.3) is 0 Å². The van der Waals surface area contributed by atoms with E-state index in [1.54, 1.807) is 26.8 Å². The van der Waals surface area contributed by atoms with Gasteiger partial charge in [-0.25, -0.2) is 13.3 Å². The van der Waals surface area contributed by atoms with Crippen molar-refractivity contribution < 1.29 is 28.5 Å². The van der Waals surface area contributed by atoms with E-state index in [1.807, 2.05) is 0 Å². The number of aldehydes is 1. The molecule has 3 rings (SSSR count). The van der Waals surface area contributed by atoms with Crippen molar-refractivity contribution >= 4 is 35.1 Å². The number of Topliss-reactive ketones (excluding diaryl/α,β-unsaturated/α-hetero) is 1. The van der Waals surface area contributed by atoms with Gasteiger partial charge in [-0.05, 0) is 50.9 Å². The van der Waals surface area contributed by atoms with Gasteiger partial charge in [0.1, 0.15) is 22.5 Å². The SMILES string of the molecule is CC(C)(C)N1C(=O)C(=O)C(c2ccc([C@]3(NC(=O)O)CCNC3)c(C=O)c2)S1=O. The summed E-state index contributed by atoms with van der Waals surface area (Å²) >= 11 is 0. The second-order valence-electron chi connectivity index (χ2n) is 8.19. The van der Waals surface area contributed by atoms with Crippen LogP contribution in [0.5, 0.6) is 0 Å². The van der Waals surface area contributed by atoms with Crippen molar-refractivity contribution in [1.82, 2.24) is 14.9 Å². The van der Waals surface area contributed by atoms with Crippen LogP contribution in [0, 0.1) is 0 Å². The lowest BCUT2D eigenvalue weighted by Crippen LogP contribution is -2.47. The van der Waals surface area contributed by atoms with Crippen LogP contribution in [0.1, 0.15) is 53.9 Å². The summed E-state index contributed by atoms with van der Waals surface area (Å²) in [6.07, 6.45) is -0.189. The Morgan fingerprint density at radius 3 is 2.55 bits per heavy atom. The van der Waals surface area contributed by atoms with Gasteiger partial charge in [0.2, 0.25) is 5.78 Å². The number of hydrogen-bond donors (Lipinski definition) is 3. The van der Waals surface area contributed by atoms with E-state index >= 15 is 0 Å². The normalized spacial score (nSPS) is 27.3. The maximum absolute atomic E-state index is 12.9. The Hall–Kier alpha value is -2.59. The fourth-order valence-electron chi connectivity index (χ4n) is 3.91. The summed E-state index contributed by atoms with van der Waals surface area (Å²) in [6.45, 7) is 5.94. The fraction of sp³-hybridized carbons (Fsp3) is 0.474. The molecule has 2 fully saturated rings. The molecule has 3 atom stereocenters. The fourth-order valence-corrected chi connectivity index (χ4v) is 5.58. The molecule has 0 aromatic heterocycles. The Morgan fingerprint density at radius 1 is 1.38 bits per heavy atom. The smallest absolute Gasteiger partial charge is 0.405 e. The van der Waals surface area contributed by atoms with Gasteiger partial charge in [-0.3, -0.25) is 14.4 Å². The van der Waals surface area contributed by atoms with Crippen LogP contribution in [0.2, 0.25) is 0 Å². The molecule has 0 spiro atoms. The van der Waals surface area contributed by atoms with Crippen molar-refractivity contribution in [2.45, 2.75) is 43.5 Å². The molecule has 0 radical (unpaired) electrons. The topological polar surface area (TPSA) is 133 Å². The summed E-state index contributed by atoms with van der Waals surface area (Å²) in [5.41, 5.74) is -0.835. The van der Waals surface area contributed by atoms with E-state index in [4.69, 9.17) is 0 Å². The van der Waals surface area contributed by atoms with Crippen LogP contribution in [-0.2, 0) is 26.1 Å². The Bertz CT molecular complexity index is 917. The van der Waals surface area contributed by atoms with Gasteiger partial charge in [0, 0.05) is 17.6 Å². The van der Waals surface area contributed by atoms with E-state index in [9.17, 15) is 28.5 Å². The molecule has 0 bridgehead atoms. The highest BCUT2D eigenvalue weighted by atomic mass is 32.2. The minimum absolute atomic E-state index is 0.186. The lowest BCUT2D eigenvalue weighted by atomic mass is 9.84. The van der Waals surface area contributed by atoms with Gasteiger partial charge >= 0.3 is 12.0 Å². The van der Waals surface area contributed by atoms with E-state index in [0.717, 1.165) is 4.31 Å². The first-order valence-corrected chi connectivity index (χ1v) is 10.3. The largest absolute Gasteiger partial charge is 0.465 e. The molecule has 0 saturated carbocycles. The van der Waals surface area contributed by atoms with Crippen molar-refractivity contribution in [1.29, 1.82) is 0 Å². The molecule has 2 amide bonds. The number of nitrogens with zero attached hydrogens (tertiary/aromatic N) is 1. The molecule has 3 N–H and O–H groups in total. The standard InChI is InChI=1S/C19H23N3O6S/c1-18(2,3)22-16(25)14(24)15(29(22)28)11-4-5-13(12(8-11)9-23)19(21-17(26)27)6-7-20-10-19/h4-5,8-9,15,20-21H,6-7,10H2,1-3H3,(H,26,27)/t15?,19-,29?/m0/s1. The highest BCUT2D eigenvalue weighted by Crippen LogP contribution is 2.37. The Balaban J connectivity index is 2.05. The highest BCUT2D eigenvalue weighted by Gasteiger charge is 2.51. The lowest BCUT2D eigenvalue weighted by molar-refractivity contribution is -0.141. The zero-order valence-electron chi connectivity index (χ0n) is 16.4. The molecule has 156 valence electrons. The molecule has 9 nitrogen and oxygen atoms in total. The predicted molar refractivity (Wildman–Crippen MR) is 105 cm³/mol. The number of ketones is 1. The van der Waals surface area contributed by atoms with Crippen molar-refractivity contribution in [2.24, 2.45) is 0 Å². The van der Waals surface area contributed by atoms with Gasteiger partial charge in [0.05, 0.1) is 5.54 Å². The summed E-state index contributed by atoms with van der Waals surface area (Å²) in [6, 6.07) is 4.52. The molecule has 2 saturated heterocycles. The average molecular weight is 421 g/mol. The van der Waals surface area contributed by atoms with Crippen molar-refractivity contribution in [3.05, 3.63) is 34.9 Å². The average Bonchev–Trinajstić information content (AvgIpc) is 3.17. The number of rotatable bonds is 4. The van der Waals surface area contributed by atoms with Crippen molar-refractivity contribution in [3.63, 3.8) is 0 Å². The molecule has 2 unspecified atom stereocenters. The summed E-state index contributed by atoms with van der Waals surface area (Å²) in [5.74, 6) is -1.61. The number of carbonyl (C=O) groups is 4. The van der Waals surface area contributed by atoms with Gasteiger partial charge in [0.25, 0.3) is 0 Å². The van der Waals surface area contributed by atoms with Gasteiger partial charge in [-0.1, -0.05) is 12.1 Å². The lowest BCUT2D eigenvalue weighted by Gasteiger charge is -2.31. The molecule has 1 aromatic carbocycles. The summed E-state index contributed by atoms with van der Waals surface area (Å²) in [7, 11) is -1.92. The quantitative estimate of drug-likeness (QED) is 0.485. The van der Waals surface area contributed by atoms with E-state index in [2.05, 4.69) is 10.6 Å². The molecule has 10 heteroatoms. The zero-order chi connectivity index (χ0) is 21.6. The first-order chi connectivity index (χ1) is 13.5. The van der Waals surface area contributed by atoms with Gasteiger partial charge in [-0.2, -0.15) is 0 Å². The van der Waals surface area contributed by atoms with Crippen LogP contribution in [0.3, 0.4) is 0 Å². The van der Waals surface area contributed by atoms with Gasteiger partial charge in [0.15, 0.2) is 0 Å². The molecule has 2 aliphatic rings. The van der Waals surface area contributed by atoms with E-state index in [0.29, 0.717) is 31.4 Å². The monoisotopic (exact) mass is 421 g/mol. The van der Waals surface area contributed by atoms with Crippen molar-refractivity contribution in [2.75, 3.05) is 13.1 Å². The second-order valence-corrected chi connectivity index (χ2v) is 9.58. The van der Waals surface area contributed by atoms with Crippen molar-refractivity contribution in [3.8, 4) is 0 Å². The molecule has 2 aliphatic heterocycles. The van der Waals surface area contributed by atoms with E-state index in [1.165, 1.54) is 12.1 Å². The number of hydrogen-bond acceptors (Lipinski definition) is 6. The highest BCUT2D eigenvalue weighted by molar-refractivity contribution is 7.85. The third-order valence-electron chi connectivity index (χ3n) is 5.15. The molecular weight excluding hydrogens is 398 g/mol. The van der Waals surface area contributed by atoms with Crippen LogP contribution >= 0.6 is 0 Å². The van der Waals surface area contributed by atoms with Crippen LogP contribution in [-0.4, -0.2) is 56.3 Å². The summed E-state index contributed by atoms with van der Waals surface area (Å²) < 4.78 is 14.0. The molecule has 2 heterocycles. The maximum atomic E-state index is 12.9. The van der Waals surface area contributed by atoms with Crippen LogP contribution in [0.15, 0.2) is 18.2 Å². The number of carbonyl (C=O) groups excluding carboxylic acids is 3. The maximum Gasteiger partial charge on any atom is 0.405 e. The zero-order valence-corrected chi connectivity index (χ0v) is 17.2. The minimum atomic E-state index is -1.92. The Labute approximate surface area is 170 Å². The number of nitrogens with one attached hydrogen (secondary N) is 2. The number of carboxylic acid groups (broad SMARTS) is 1. The van der Waals surface area contributed by atoms with Gasteiger partial charge in [-0.15, -0.1) is 0 Å². The Kier molecular flexibility index (Phi) is 5.35. The number of benzene rings is 1. The molecule has 1 aromatic rings. The molecule has 29 heavy (non-hydrogen) atoms. The second kappa shape index (κ2) is 7.34. The Morgan fingerprint density at radius 2 is 2.07 bits per heavy atom. The summed E-state index contributed by atoms with van der Waals surface area (Å²) in [5, 5.41) is 13.6. The predicted octanol–water partition coefficient (Wildman–Crippen LogP) is 0.870. The minimum Gasteiger partial charge on any atom is -0.465 e. The van der Waals surface area contributed by atoms with E-state index < -0.39 is 45.1 Å². The number of amides is 2. The van der Waals surface area contributed by atoms with Gasteiger partial charge < -0.3 is 15.7 Å². The van der Waals surface area contributed by atoms with Crippen LogP contribution < -0.4 is 10.6 Å². The first kappa shape index (κ1) is 21.1.